The average Bonchev–Trinajstić information content (AvgIpc) is 2.45. The third kappa shape index (κ3) is 3.83. The molecule has 2 rings (SSSR count). The molecule has 23 heavy (non-hydrogen) atoms. The standard InChI is InChI=1S/C13H9F3N2O4S/c1-23(21,22)12-17-9(6-10(18-12)13(14,15)16)7-2-4-8(5-3-7)11(19)20/h2-6H,1H3,(H,19,20). The van der Waals surface area contributed by atoms with E-state index in [1.807, 2.05) is 0 Å². The Kier molecular flexibility index (Phi) is 4.12. The lowest BCUT2D eigenvalue weighted by Crippen LogP contribution is -2.14. The van der Waals surface area contributed by atoms with Crippen LogP contribution < -0.4 is 0 Å². The van der Waals surface area contributed by atoms with Gasteiger partial charge in [-0.25, -0.2) is 23.2 Å². The topological polar surface area (TPSA) is 97.2 Å². The van der Waals surface area contributed by atoms with Gasteiger partial charge < -0.3 is 5.11 Å². The van der Waals surface area contributed by atoms with Gasteiger partial charge in [0, 0.05) is 11.8 Å². The molecule has 0 amide bonds. The van der Waals surface area contributed by atoms with Crippen molar-refractivity contribution in [1.82, 2.24) is 9.97 Å². The van der Waals surface area contributed by atoms with E-state index in [0.29, 0.717) is 12.3 Å². The van der Waals surface area contributed by atoms with Gasteiger partial charge in [-0.3, -0.25) is 0 Å². The van der Waals surface area contributed by atoms with E-state index in [2.05, 4.69) is 9.97 Å². The SMILES string of the molecule is CS(=O)(=O)c1nc(-c2ccc(C(=O)O)cc2)cc(C(F)(F)F)n1. The van der Waals surface area contributed by atoms with Gasteiger partial charge in [0.1, 0.15) is 5.69 Å². The summed E-state index contributed by atoms with van der Waals surface area (Å²) in [7, 11) is -4.05. The van der Waals surface area contributed by atoms with Crippen LogP contribution in [0.4, 0.5) is 13.2 Å². The molecule has 0 atom stereocenters. The molecule has 6 nitrogen and oxygen atoms in total. The number of halogens is 3. The van der Waals surface area contributed by atoms with E-state index in [1.54, 1.807) is 0 Å². The molecule has 0 fully saturated rings. The summed E-state index contributed by atoms with van der Waals surface area (Å²) in [5, 5.41) is 7.84. The number of rotatable bonds is 3. The van der Waals surface area contributed by atoms with Crippen molar-refractivity contribution in [2.75, 3.05) is 6.26 Å². The van der Waals surface area contributed by atoms with Crippen molar-refractivity contribution in [2.45, 2.75) is 11.3 Å². The zero-order valence-electron chi connectivity index (χ0n) is 11.5. The van der Waals surface area contributed by atoms with E-state index in [4.69, 9.17) is 5.11 Å². The number of aromatic carboxylic acids is 1. The van der Waals surface area contributed by atoms with Crippen LogP contribution in [-0.2, 0) is 16.0 Å². The minimum absolute atomic E-state index is 0.0674. The summed E-state index contributed by atoms with van der Waals surface area (Å²) in [6, 6.07) is 5.42. The van der Waals surface area contributed by atoms with E-state index >= 15 is 0 Å². The fourth-order valence-corrected chi connectivity index (χ4v) is 2.20. The molecule has 1 aromatic carbocycles. The third-order valence-electron chi connectivity index (χ3n) is 2.76. The number of alkyl halides is 3. The first kappa shape index (κ1) is 16.9. The van der Waals surface area contributed by atoms with Crippen LogP contribution in [0.3, 0.4) is 0 Å². The van der Waals surface area contributed by atoms with E-state index < -0.39 is 32.8 Å². The van der Waals surface area contributed by atoms with Gasteiger partial charge in [0.15, 0.2) is 0 Å². The monoisotopic (exact) mass is 346 g/mol. The van der Waals surface area contributed by atoms with Gasteiger partial charge in [0.25, 0.3) is 0 Å². The van der Waals surface area contributed by atoms with Crippen LogP contribution >= 0.6 is 0 Å². The van der Waals surface area contributed by atoms with E-state index in [9.17, 15) is 26.4 Å². The Hall–Kier alpha value is -2.49. The fraction of sp³-hybridized carbons (Fsp3) is 0.154. The van der Waals surface area contributed by atoms with Crippen LogP contribution in [0.5, 0.6) is 0 Å². The lowest BCUT2D eigenvalue weighted by atomic mass is 10.1. The van der Waals surface area contributed by atoms with Crippen molar-refractivity contribution in [3.63, 3.8) is 0 Å². The maximum atomic E-state index is 12.9. The second-order valence-corrected chi connectivity index (χ2v) is 6.48. The number of sulfone groups is 1. The average molecular weight is 346 g/mol. The Labute approximate surface area is 128 Å². The lowest BCUT2D eigenvalue weighted by molar-refractivity contribution is -0.141. The van der Waals surface area contributed by atoms with E-state index in [0.717, 1.165) is 0 Å². The largest absolute Gasteiger partial charge is 0.478 e. The van der Waals surface area contributed by atoms with Crippen LogP contribution in [0.15, 0.2) is 35.5 Å². The first-order valence-corrected chi connectivity index (χ1v) is 7.87. The molecule has 0 bridgehead atoms. The predicted molar refractivity (Wildman–Crippen MR) is 72.5 cm³/mol. The Balaban J connectivity index is 2.64. The molecule has 10 heteroatoms. The molecule has 0 radical (unpaired) electrons. The van der Waals surface area contributed by atoms with Gasteiger partial charge in [-0.2, -0.15) is 13.2 Å². The summed E-state index contributed by atoms with van der Waals surface area (Å²) in [4.78, 5) is 17.4. The number of carboxylic acid groups (broad SMARTS) is 1. The summed E-state index contributed by atoms with van der Waals surface area (Å²) >= 11 is 0. The van der Waals surface area contributed by atoms with Crippen LogP contribution in [0.25, 0.3) is 11.3 Å². The highest BCUT2D eigenvalue weighted by atomic mass is 32.2. The van der Waals surface area contributed by atoms with E-state index in [1.165, 1.54) is 24.3 Å². The molecule has 2 aromatic rings. The molecule has 0 saturated heterocycles. The number of carboxylic acids is 1. The first-order chi connectivity index (χ1) is 10.5. The molecular formula is C13H9F3N2O4S. The minimum Gasteiger partial charge on any atom is -0.478 e. The molecule has 1 heterocycles. The third-order valence-corrected chi connectivity index (χ3v) is 3.60. The summed E-state index contributed by atoms with van der Waals surface area (Å²) < 4.78 is 61.5. The first-order valence-electron chi connectivity index (χ1n) is 5.98. The number of nitrogens with zero attached hydrogens (tertiary/aromatic N) is 2. The Morgan fingerprint density at radius 3 is 2.13 bits per heavy atom. The Bertz CT molecular complexity index is 862. The van der Waals surface area contributed by atoms with Crippen molar-refractivity contribution in [3.8, 4) is 11.3 Å². The van der Waals surface area contributed by atoms with Gasteiger partial charge in [0.2, 0.25) is 15.0 Å². The normalized spacial score (nSPS) is 12.2. The molecule has 0 aliphatic heterocycles. The van der Waals surface area contributed by atoms with Crippen molar-refractivity contribution in [3.05, 3.63) is 41.6 Å². The van der Waals surface area contributed by atoms with Crippen molar-refractivity contribution in [1.29, 1.82) is 0 Å². The van der Waals surface area contributed by atoms with Gasteiger partial charge in [-0.05, 0) is 18.2 Å². The highest BCUT2D eigenvalue weighted by Crippen LogP contribution is 2.31. The second kappa shape index (κ2) is 5.61. The van der Waals surface area contributed by atoms with Crippen molar-refractivity contribution < 1.29 is 31.5 Å². The lowest BCUT2D eigenvalue weighted by Gasteiger charge is -2.10. The molecular weight excluding hydrogens is 337 g/mol. The molecule has 1 aromatic heterocycles. The summed E-state index contributed by atoms with van der Waals surface area (Å²) in [6.07, 6.45) is -4.15. The maximum absolute atomic E-state index is 12.9. The smallest absolute Gasteiger partial charge is 0.433 e. The van der Waals surface area contributed by atoms with Gasteiger partial charge in [-0.15, -0.1) is 0 Å². The van der Waals surface area contributed by atoms with Gasteiger partial charge in [0.05, 0.1) is 11.3 Å². The molecule has 122 valence electrons. The number of carbonyl (C=O) groups is 1. The number of aromatic nitrogens is 2. The van der Waals surface area contributed by atoms with Crippen LogP contribution in [0, 0.1) is 0 Å². The number of hydrogen-bond acceptors (Lipinski definition) is 5. The molecule has 0 spiro atoms. The number of hydrogen-bond donors (Lipinski definition) is 1. The molecule has 0 saturated carbocycles. The van der Waals surface area contributed by atoms with Gasteiger partial charge in [-0.1, -0.05) is 12.1 Å². The Morgan fingerprint density at radius 2 is 1.70 bits per heavy atom. The molecule has 0 unspecified atom stereocenters. The number of benzene rings is 1. The van der Waals surface area contributed by atoms with Crippen LogP contribution in [0.1, 0.15) is 16.1 Å². The van der Waals surface area contributed by atoms with Crippen LogP contribution in [0.2, 0.25) is 0 Å². The van der Waals surface area contributed by atoms with Crippen molar-refractivity contribution in [2.24, 2.45) is 0 Å². The highest BCUT2D eigenvalue weighted by Gasteiger charge is 2.34. The predicted octanol–water partition coefficient (Wildman–Crippen LogP) is 2.26. The fourth-order valence-electron chi connectivity index (χ4n) is 1.67. The summed E-state index contributed by atoms with van der Waals surface area (Å²) in [6.45, 7) is 0. The van der Waals surface area contributed by atoms with Crippen molar-refractivity contribution >= 4 is 15.8 Å². The van der Waals surface area contributed by atoms with Gasteiger partial charge >= 0.3 is 12.1 Å². The summed E-state index contributed by atoms with van der Waals surface area (Å²) in [5.74, 6) is -1.20. The highest BCUT2D eigenvalue weighted by molar-refractivity contribution is 7.90. The molecule has 0 aliphatic carbocycles. The Morgan fingerprint density at radius 1 is 1.13 bits per heavy atom. The second-order valence-electron chi connectivity index (χ2n) is 4.57. The minimum atomic E-state index is -4.85. The quantitative estimate of drug-likeness (QED) is 0.856. The molecule has 0 aliphatic rings. The summed E-state index contributed by atoms with van der Waals surface area (Å²) in [5.41, 5.74) is -1.61. The maximum Gasteiger partial charge on any atom is 0.433 e. The molecule has 1 N–H and O–H groups in total. The zero-order chi connectivity index (χ0) is 17.4. The van der Waals surface area contributed by atoms with E-state index in [-0.39, 0.29) is 16.8 Å². The zero-order valence-corrected chi connectivity index (χ0v) is 12.3. The van der Waals surface area contributed by atoms with Crippen LogP contribution in [-0.4, -0.2) is 35.7 Å².